The van der Waals surface area contributed by atoms with Crippen LogP contribution >= 0.6 is 0 Å². The highest BCUT2D eigenvalue weighted by Gasteiger charge is 2.33. The third kappa shape index (κ3) is 7.97. The fourth-order valence-corrected chi connectivity index (χ4v) is 2.75. The lowest BCUT2D eigenvalue weighted by molar-refractivity contribution is -0.123. The highest BCUT2D eigenvalue weighted by atomic mass is 16.6. The summed E-state index contributed by atoms with van der Waals surface area (Å²) < 4.78 is 5.67. The number of hydrogen-bond donors (Lipinski definition) is 2. The van der Waals surface area contributed by atoms with Crippen LogP contribution in [0, 0.1) is 5.92 Å². The van der Waals surface area contributed by atoms with Gasteiger partial charge in [0.1, 0.15) is 6.10 Å². The Kier molecular flexibility index (Phi) is 8.72. The molecule has 0 radical (unpaired) electrons. The van der Waals surface area contributed by atoms with Gasteiger partial charge in [0, 0.05) is 26.1 Å². The molecule has 4 N–H and O–H groups in total. The van der Waals surface area contributed by atoms with E-state index in [2.05, 4.69) is 0 Å². The monoisotopic (exact) mass is 378 g/mol. The smallest absolute Gasteiger partial charge is 0.409 e. The summed E-state index contributed by atoms with van der Waals surface area (Å²) in [7, 11) is 5.61. The molecule has 1 rings (SSSR count). The molecule has 0 aromatic heterocycles. The molecule has 1 aromatic carbocycles. The van der Waals surface area contributed by atoms with Gasteiger partial charge in [0.2, 0.25) is 5.91 Å². The summed E-state index contributed by atoms with van der Waals surface area (Å²) in [6.07, 6.45) is 0.158. The zero-order chi connectivity index (χ0) is 20.6. The van der Waals surface area contributed by atoms with E-state index in [9.17, 15) is 9.59 Å². The number of benzene rings is 1. The van der Waals surface area contributed by atoms with E-state index in [0.29, 0.717) is 19.4 Å². The number of carbonyl (C=O) groups is 2. The Bertz CT molecular complexity index is 605. The Morgan fingerprint density at radius 2 is 1.74 bits per heavy atom. The van der Waals surface area contributed by atoms with Crippen LogP contribution in [0.1, 0.15) is 25.8 Å². The molecule has 2 amide bonds. The third-order valence-corrected chi connectivity index (χ3v) is 4.73. The van der Waals surface area contributed by atoms with Crippen molar-refractivity contribution in [1.82, 2.24) is 9.80 Å². The minimum absolute atomic E-state index is 0.138. The molecule has 27 heavy (non-hydrogen) atoms. The first-order chi connectivity index (χ1) is 12.5. The fraction of sp³-hybridized carbons (Fsp3) is 0.600. The molecule has 0 spiro atoms. The number of ether oxygens (including phenoxy) is 1. The average Bonchev–Trinajstić information content (AvgIpc) is 2.59. The van der Waals surface area contributed by atoms with Crippen LogP contribution in [0.5, 0.6) is 0 Å². The second-order valence-electron chi connectivity index (χ2n) is 7.75. The first kappa shape index (κ1) is 22.9. The van der Waals surface area contributed by atoms with Gasteiger partial charge in [-0.15, -0.1) is 0 Å². The van der Waals surface area contributed by atoms with Gasteiger partial charge in [0.25, 0.3) is 0 Å². The highest BCUT2D eigenvalue weighted by molar-refractivity contribution is 5.83. The van der Waals surface area contributed by atoms with Crippen LogP contribution in [-0.4, -0.2) is 67.7 Å². The van der Waals surface area contributed by atoms with Crippen molar-refractivity contribution in [3.8, 4) is 0 Å². The van der Waals surface area contributed by atoms with Crippen molar-refractivity contribution in [2.24, 2.45) is 17.4 Å². The number of nitrogens with two attached hydrogens (primary N) is 2. The van der Waals surface area contributed by atoms with E-state index in [1.54, 1.807) is 18.9 Å². The molecule has 0 saturated heterocycles. The van der Waals surface area contributed by atoms with Crippen LogP contribution in [0.2, 0.25) is 0 Å². The Balaban J connectivity index is 2.84. The predicted molar refractivity (Wildman–Crippen MR) is 107 cm³/mol. The Labute approximate surface area is 162 Å². The molecule has 3 atom stereocenters. The second-order valence-corrected chi connectivity index (χ2v) is 7.75. The van der Waals surface area contributed by atoms with Gasteiger partial charge >= 0.3 is 6.09 Å². The zero-order valence-electron chi connectivity index (χ0n) is 17.1. The second kappa shape index (κ2) is 10.3. The van der Waals surface area contributed by atoms with Crippen LogP contribution in [0.3, 0.4) is 0 Å². The molecular formula is C20H34N4O3. The van der Waals surface area contributed by atoms with Crippen LogP contribution in [0.15, 0.2) is 30.3 Å². The SMILES string of the molecule is C[C@@H](OC(=O)N(C)CCN(C)C)C(Cc1ccccc1)CC(C)(N)C(N)=O. The molecular weight excluding hydrogens is 344 g/mol. The van der Waals surface area contributed by atoms with Crippen LogP contribution in [0.25, 0.3) is 0 Å². The van der Waals surface area contributed by atoms with Gasteiger partial charge in [-0.05, 0) is 46.3 Å². The van der Waals surface area contributed by atoms with Gasteiger partial charge in [-0.2, -0.15) is 0 Å². The molecule has 1 aromatic rings. The van der Waals surface area contributed by atoms with E-state index in [-0.39, 0.29) is 12.0 Å². The summed E-state index contributed by atoms with van der Waals surface area (Å²) in [5, 5.41) is 0. The van der Waals surface area contributed by atoms with Gasteiger partial charge in [-0.25, -0.2) is 4.79 Å². The van der Waals surface area contributed by atoms with Crippen molar-refractivity contribution in [3.05, 3.63) is 35.9 Å². The van der Waals surface area contributed by atoms with E-state index in [4.69, 9.17) is 16.2 Å². The standard InChI is InChI=1S/C20H34N4O3/c1-15(27-19(26)24(5)12-11-23(3)4)17(14-20(2,22)18(21)25)13-16-9-7-6-8-10-16/h6-10,15,17H,11-14,22H2,1-5H3,(H2,21,25)/t15-,17?,20?/m1/s1. The summed E-state index contributed by atoms with van der Waals surface area (Å²) in [4.78, 5) is 27.6. The molecule has 0 aliphatic carbocycles. The summed E-state index contributed by atoms with van der Waals surface area (Å²) in [5.74, 6) is -0.705. The lowest BCUT2D eigenvalue weighted by Gasteiger charge is -2.31. The quantitative estimate of drug-likeness (QED) is 0.642. The fourth-order valence-electron chi connectivity index (χ4n) is 2.75. The maximum atomic E-state index is 12.4. The van der Waals surface area contributed by atoms with Crippen molar-refractivity contribution in [1.29, 1.82) is 0 Å². The van der Waals surface area contributed by atoms with Gasteiger partial charge in [0.05, 0.1) is 5.54 Å². The molecule has 7 heteroatoms. The van der Waals surface area contributed by atoms with E-state index >= 15 is 0 Å². The van der Waals surface area contributed by atoms with Crippen LogP contribution in [0.4, 0.5) is 4.79 Å². The average molecular weight is 379 g/mol. The topological polar surface area (TPSA) is 102 Å². The number of carbonyl (C=O) groups excluding carboxylic acids is 2. The third-order valence-electron chi connectivity index (χ3n) is 4.73. The van der Waals surface area contributed by atoms with Crippen molar-refractivity contribution >= 4 is 12.0 Å². The highest BCUT2D eigenvalue weighted by Crippen LogP contribution is 2.24. The summed E-state index contributed by atoms with van der Waals surface area (Å²) in [6, 6.07) is 9.85. The van der Waals surface area contributed by atoms with E-state index < -0.39 is 17.6 Å². The van der Waals surface area contributed by atoms with E-state index in [0.717, 1.165) is 12.1 Å². The maximum Gasteiger partial charge on any atom is 0.409 e. The largest absolute Gasteiger partial charge is 0.446 e. The first-order valence-electron chi connectivity index (χ1n) is 9.22. The number of rotatable bonds is 10. The molecule has 0 saturated carbocycles. The molecule has 152 valence electrons. The van der Waals surface area contributed by atoms with E-state index in [1.165, 1.54) is 0 Å². The summed E-state index contributed by atoms with van der Waals surface area (Å²) >= 11 is 0. The predicted octanol–water partition coefficient (Wildman–Crippen LogP) is 1.46. The van der Waals surface area contributed by atoms with Crippen molar-refractivity contribution in [2.75, 3.05) is 34.2 Å². The normalized spacial score (nSPS) is 15.7. The van der Waals surface area contributed by atoms with Gasteiger partial charge in [-0.3, -0.25) is 4.79 Å². The molecule has 7 nitrogen and oxygen atoms in total. The number of nitrogens with zero attached hydrogens (tertiary/aromatic N) is 2. The minimum atomic E-state index is -1.17. The summed E-state index contributed by atoms with van der Waals surface area (Å²) in [5.41, 5.74) is 11.5. The Morgan fingerprint density at radius 3 is 2.26 bits per heavy atom. The van der Waals surface area contributed by atoms with Crippen molar-refractivity contribution < 1.29 is 14.3 Å². The zero-order valence-corrected chi connectivity index (χ0v) is 17.1. The minimum Gasteiger partial charge on any atom is -0.446 e. The van der Waals surface area contributed by atoms with Gasteiger partial charge in [0.15, 0.2) is 0 Å². The molecule has 0 aliphatic heterocycles. The van der Waals surface area contributed by atoms with Gasteiger partial charge in [-0.1, -0.05) is 30.3 Å². The molecule has 0 bridgehead atoms. The molecule has 2 unspecified atom stereocenters. The van der Waals surface area contributed by atoms with E-state index in [1.807, 2.05) is 56.3 Å². The Morgan fingerprint density at radius 1 is 1.15 bits per heavy atom. The summed E-state index contributed by atoms with van der Waals surface area (Å²) in [6.45, 7) is 4.77. The first-order valence-corrected chi connectivity index (χ1v) is 9.22. The molecule has 0 aliphatic rings. The molecule has 0 heterocycles. The van der Waals surface area contributed by atoms with Crippen molar-refractivity contribution in [3.63, 3.8) is 0 Å². The Hall–Kier alpha value is -2.12. The number of primary amides is 1. The lowest BCUT2D eigenvalue weighted by atomic mass is 9.82. The lowest BCUT2D eigenvalue weighted by Crippen LogP contribution is -2.52. The van der Waals surface area contributed by atoms with Crippen molar-refractivity contribution in [2.45, 2.75) is 38.3 Å². The van der Waals surface area contributed by atoms with Crippen LogP contribution in [-0.2, 0) is 16.0 Å². The maximum absolute atomic E-state index is 12.4. The number of hydrogen-bond acceptors (Lipinski definition) is 5. The van der Waals surface area contributed by atoms with Gasteiger partial charge < -0.3 is 26.0 Å². The molecule has 0 fully saturated rings. The number of amides is 2. The van der Waals surface area contributed by atoms with Crippen LogP contribution < -0.4 is 11.5 Å². The number of likely N-dealkylation sites (N-methyl/N-ethyl adjacent to an activating group) is 2.